The van der Waals surface area contributed by atoms with Gasteiger partial charge in [-0.25, -0.2) is 9.59 Å². The molecule has 0 saturated heterocycles. The minimum Gasteiger partial charge on any atom is -0.479 e. The second-order valence-electron chi connectivity index (χ2n) is 3.95. The Morgan fingerprint density at radius 1 is 1.20 bits per heavy atom. The molecule has 108 valence electrons. The van der Waals surface area contributed by atoms with Crippen LogP contribution in [0.5, 0.6) is 0 Å². The van der Waals surface area contributed by atoms with Crippen LogP contribution in [0.1, 0.15) is 6.92 Å². The molecule has 0 fully saturated rings. The molecular formula is C12H15N3O5. The topological polar surface area (TPSA) is 128 Å². The number of benzene rings is 1. The molecule has 0 aliphatic carbocycles. The third-order valence-electron chi connectivity index (χ3n) is 2.18. The van der Waals surface area contributed by atoms with Gasteiger partial charge in [-0.3, -0.25) is 4.79 Å². The van der Waals surface area contributed by atoms with Crippen molar-refractivity contribution in [1.82, 2.24) is 5.32 Å². The summed E-state index contributed by atoms with van der Waals surface area (Å²) in [6.07, 6.45) is -1.66. The summed E-state index contributed by atoms with van der Waals surface area (Å²) in [7, 11) is 0. The number of anilines is 2. The molecule has 8 nitrogen and oxygen atoms in total. The lowest BCUT2D eigenvalue weighted by Gasteiger charge is -2.10. The summed E-state index contributed by atoms with van der Waals surface area (Å²) in [4.78, 5) is 32.7. The number of aliphatic hydroxyl groups excluding tert-OH is 1. The molecule has 1 atom stereocenters. The Labute approximate surface area is 114 Å². The zero-order valence-electron chi connectivity index (χ0n) is 10.7. The first-order valence-electron chi connectivity index (χ1n) is 5.72. The molecule has 0 spiro atoms. The van der Waals surface area contributed by atoms with Crippen LogP contribution in [0.25, 0.3) is 0 Å². The van der Waals surface area contributed by atoms with Gasteiger partial charge in [0, 0.05) is 18.3 Å². The number of nitrogens with one attached hydrogen (secondary N) is 3. The Morgan fingerprint density at radius 3 is 2.35 bits per heavy atom. The third-order valence-corrected chi connectivity index (χ3v) is 2.18. The fraction of sp³-hybridized carbons (Fsp3) is 0.250. The van der Waals surface area contributed by atoms with Gasteiger partial charge in [0.2, 0.25) is 5.91 Å². The van der Waals surface area contributed by atoms with Gasteiger partial charge in [0.25, 0.3) is 0 Å². The first kappa shape index (κ1) is 15.4. The van der Waals surface area contributed by atoms with Gasteiger partial charge >= 0.3 is 12.0 Å². The van der Waals surface area contributed by atoms with Crippen LogP contribution in [0, 0.1) is 0 Å². The molecule has 0 aliphatic heterocycles. The summed E-state index contributed by atoms with van der Waals surface area (Å²) in [6, 6.07) is 5.75. The SMILES string of the molecule is CC(=O)Nc1cccc(NC(=O)NC[C@H](O)C(=O)O)c1. The van der Waals surface area contributed by atoms with Gasteiger partial charge in [-0.05, 0) is 18.2 Å². The van der Waals surface area contributed by atoms with Crippen molar-refractivity contribution in [1.29, 1.82) is 0 Å². The van der Waals surface area contributed by atoms with Crippen LogP contribution in [0.15, 0.2) is 24.3 Å². The van der Waals surface area contributed by atoms with Crippen LogP contribution < -0.4 is 16.0 Å². The predicted octanol–water partition coefficient (Wildman–Crippen LogP) is 0.212. The van der Waals surface area contributed by atoms with Crippen molar-refractivity contribution in [2.45, 2.75) is 13.0 Å². The predicted molar refractivity (Wildman–Crippen MR) is 71.4 cm³/mol. The average molecular weight is 281 g/mol. The molecule has 20 heavy (non-hydrogen) atoms. The number of carbonyl (C=O) groups is 3. The van der Waals surface area contributed by atoms with E-state index < -0.39 is 24.6 Å². The minimum atomic E-state index is -1.66. The lowest BCUT2D eigenvalue weighted by atomic mass is 10.2. The first-order valence-corrected chi connectivity index (χ1v) is 5.72. The number of carboxylic acids is 1. The van der Waals surface area contributed by atoms with Crippen LogP contribution in [0.4, 0.5) is 16.2 Å². The van der Waals surface area contributed by atoms with E-state index in [2.05, 4.69) is 16.0 Å². The van der Waals surface area contributed by atoms with Crippen molar-refractivity contribution in [2.24, 2.45) is 0 Å². The summed E-state index contributed by atoms with van der Waals surface area (Å²) in [5, 5.41) is 24.6. The average Bonchev–Trinajstić information content (AvgIpc) is 2.35. The zero-order valence-corrected chi connectivity index (χ0v) is 10.7. The number of urea groups is 1. The van der Waals surface area contributed by atoms with E-state index in [9.17, 15) is 14.4 Å². The molecule has 0 radical (unpaired) electrons. The van der Waals surface area contributed by atoms with Crippen molar-refractivity contribution in [3.63, 3.8) is 0 Å². The zero-order chi connectivity index (χ0) is 15.1. The number of carbonyl (C=O) groups excluding carboxylic acids is 2. The van der Waals surface area contributed by atoms with Crippen LogP contribution in [-0.2, 0) is 9.59 Å². The molecule has 0 bridgehead atoms. The quantitative estimate of drug-likeness (QED) is 0.527. The molecule has 8 heteroatoms. The van der Waals surface area contributed by atoms with Crippen LogP contribution >= 0.6 is 0 Å². The number of hydrogen-bond donors (Lipinski definition) is 5. The molecule has 0 saturated carbocycles. The van der Waals surface area contributed by atoms with Gasteiger partial charge in [0.15, 0.2) is 6.10 Å². The molecule has 1 aromatic rings. The summed E-state index contributed by atoms with van der Waals surface area (Å²) in [6.45, 7) is 0.951. The van der Waals surface area contributed by atoms with Crippen molar-refractivity contribution in [3.8, 4) is 0 Å². The Balaban J connectivity index is 2.53. The van der Waals surface area contributed by atoms with Gasteiger partial charge in [-0.15, -0.1) is 0 Å². The fourth-order valence-corrected chi connectivity index (χ4v) is 1.33. The van der Waals surface area contributed by atoms with Crippen LogP contribution in [-0.4, -0.2) is 40.8 Å². The minimum absolute atomic E-state index is 0.240. The number of carboxylic acid groups (broad SMARTS) is 1. The van der Waals surface area contributed by atoms with Gasteiger partial charge in [0.05, 0.1) is 6.54 Å². The molecular weight excluding hydrogens is 266 g/mol. The largest absolute Gasteiger partial charge is 0.479 e. The Bertz CT molecular complexity index is 518. The standard InChI is InChI=1S/C12H15N3O5/c1-7(16)14-8-3-2-4-9(5-8)15-12(20)13-6-10(17)11(18)19/h2-5,10,17H,6H2,1H3,(H,14,16)(H,18,19)(H2,13,15,20)/t10-/m0/s1. The second-order valence-corrected chi connectivity index (χ2v) is 3.95. The number of aliphatic hydroxyl groups is 1. The monoisotopic (exact) mass is 281 g/mol. The van der Waals surface area contributed by atoms with E-state index in [0.717, 1.165) is 0 Å². The van der Waals surface area contributed by atoms with E-state index in [-0.39, 0.29) is 5.91 Å². The lowest BCUT2D eigenvalue weighted by molar-refractivity contribution is -0.146. The van der Waals surface area contributed by atoms with Gasteiger partial charge in [0.1, 0.15) is 0 Å². The summed E-state index contributed by atoms with van der Waals surface area (Å²) < 4.78 is 0. The fourth-order valence-electron chi connectivity index (χ4n) is 1.33. The van der Waals surface area contributed by atoms with E-state index in [1.54, 1.807) is 18.2 Å². The summed E-state index contributed by atoms with van der Waals surface area (Å²) in [5.41, 5.74) is 0.930. The maximum atomic E-state index is 11.5. The highest BCUT2D eigenvalue weighted by Crippen LogP contribution is 2.14. The summed E-state index contributed by atoms with van der Waals surface area (Å²) >= 11 is 0. The Kier molecular flexibility index (Phi) is 5.48. The number of rotatable bonds is 5. The van der Waals surface area contributed by atoms with Crippen LogP contribution in [0.3, 0.4) is 0 Å². The molecule has 3 amide bonds. The van der Waals surface area contributed by atoms with Crippen molar-refractivity contribution in [3.05, 3.63) is 24.3 Å². The maximum absolute atomic E-state index is 11.5. The van der Waals surface area contributed by atoms with Gasteiger partial charge in [-0.2, -0.15) is 0 Å². The van der Waals surface area contributed by atoms with E-state index in [1.165, 1.54) is 13.0 Å². The number of hydrogen-bond acceptors (Lipinski definition) is 4. The highest BCUT2D eigenvalue weighted by atomic mass is 16.4. The highest BCUT2D eigenvalue weighted by molar-refractivity contribution is 5.92. The maximum Gasteiger partial charge on any atom is 0.334 e. The molecule has 0 aliphatic rings. The second kappa shape index (κ2) is 7.10. The van der Waals surface area contributed by atoms with Crippen molar-refractivity contribution < 1.29 is 24.6 Å². The van der Waals surface area contributed by atoms with E-state index in [1.807, 2.05) is 0 Å². The normalized spacial score (nSPS) is 11.3. The molecule has 0 aromatic heterocycles. The van der Waals surface area contributed by atoms with E-state index in [0.29, 0.717) is 11.4 Å². The molecule has 0 heterocycles. The van der Waals surface area contributed by atoms with Crippen molar-refractivity contribution in [2.75, 3.05) is 17.2 Å². The molecule has 1 rings (SSSR count). The molecule has 5 N–H and O–H groups in total. The number of amides is 3. The molecule has 1 aromatic carbocycles. The van der Waals surface area contributed by atoms with Gasteiger partial charge in [-0.1, -0.05) is 6.07 Å². The third kappa shape index (κ3) is 5.36. The Hall–Kier alpha value is -2.61. The van der Waals surface area contributed by atoms with Crippen LogP contribution in [0.2, 0.25) is 0 Å². The van der Waals surface area contributed by atoms with Gasteiger partial charge < -0.3 is 26.2 Å². The van der Waals surface area contributed by atoms with Crippen molar-refractivity contribution >= 4 is 29.3 Å². The molecule has 0 unspecified atom stereocenters. The van der Waals surface area contributed by atoms with E-state index in [4.69, 9.17) is 10.2 Å². The smallest absolute Gasteiger partial charge is 0.334 e. The highest BCUT2D eigenvalue weighted by Gasteiger charge is 2.14. The first-order chi connectivity index (χ1) is 9.38. The number of aliphatic carboxylic acids is 1. The Morgan fingerprint density at radius 2 is 1.80 bits per heavy atom. The lowest BCUT2D eigenvalue weighted by Crippen LogP contribution is -2.38. The van der Waals surface area contributed by atoms with E-state index >= 15 is 0 Å². The summed E-state index contributed by atoms with van der Waals surface area (Å²) in [5.74, 6) is -1.66.